The maximum Gasteiger partial charge on any atom is 0.140 e. The number of rotatable bonds is 5. The number of aryl methyl sites for hydroxylation is 1. The van der Waals surface area contributed by atoms with Gasteiger partial charge in [-0.15, -0.1) is 0 Å². The summed E-state index contributed by atoms with van der Waals surface area (Å²) in [4.78, 5) is 4.20. The SMILES string of the molecule is CCn1ccnc1C(O)C(OC)C1CC1. The molecule has 1 aliphatic rings. The monoisotopic (exact) mass is 210 g/mol. The number of hydrogen-bond donors (Lipinski definition) is 1. The summed E-state index contributed by atoms with van der Waals surface area (Å²) in [6.45, 7) is 2.87. The van der Waals surface area contributed by atoms with Crippen LogP contribution in [0.2, 0.25) is 0 Å². The minimum Gasteiger partial charge on any atom is -0.382 e. The number of methoxy groups -OCH3 is 1. The second kappa shape index (κ2) is 4.33. The quantitative estimate of drug-likeness (QED) is 0.798. The van der Waals surface area contributed by atoms with Crippen molar-refractivity contribution in [1.82, 2.24) is 9.55 Å². The Balaban J connectivity index is 2.14. The number of imidazole rings is 1. The maximum atomic E-state index is 10.2. The van der Waals surface area contributed by atoms with E-state index in [-0.39, 0.29) is 6.10 Å². The zero-order valence-corrected chi connectivity index (χ0v) is 9.26. The first-order valence-corrected chi connectivity index (χ1v) is 5.49. The van der Waals surface area contributed by atoms with Gasteiger partial charge in [-0.3, -0.25) is 0 Å². The van der Waals surface area contributed by atoms with Crippen LogP contribution < -0.4 is 0 Å². The molecule has 1 N–H and O–H groups in total. The van der Waals surface area contributed by atoms with Gasteiger partial charge in [0.1, 0.15) is 11.9 Å². The highest BCUT2D eigenvalue weighted by molar-refractivity contribution is 5.02. The van der Waals surface area contributed by atoms with E-state index in [1.54, 1.807) is 13.3 Å². The second-order valence-electron chi connectivity index (χ2n) is 4.05. The molecular weight excluding hydrogens is 192 g/mol. The number of nitrogens with zero attached hydrogens (tertiary/aromatic N) is 2. The minimum absolute atomic E-state index is 0.0994. The Bertz CT molecular complexity index is 320. The first-order chi connectivity index (χ1) is 7.27. The van der Waals surface area contributed by atoms with Gasteiger partial charge in [-0.25, -0.2) is 4.98 Å². The van der Waals surface area contributed by atoms with Crippen LogP contribution in [0.1, 0.15) is 31.7 Å². The van der Waals surface area contributed by atoms with Crippen molar-refractivity contribution in [3.05, 3.63) is 18.2 Å². The standard InChI is InChI=1S/C11H18N2O2/c1-3-13-7-6-12-11(13)9(14)10(15-2)8-4-5-8/h6-10,14H,3-5H2,1-2H3. The molecule has 0 saturated heterocycles. The third-order valence-corrected chi connectivity index (χ3v) is 3.02. The van der Waals surface area contributed by atoms with E-state index in [1.807, 2.05) is 17.7 Å². The van der Waals surface area contributed by atoms with Gasteiger partial charge >= 0.3 is 0 Å². The minimum atomic E-state index is -0.600. The third-order valence-electron chi connectivity index (χ3n) is 3.02. The Labute approximate surface area is 89.9 Å². The van der Waals surface area contributed by atoms with Crippen molar-refractivity contribution in [2.24, 2.45) is 5.92 Å². The summed E-state index contributed by atoms with van der Waals surface area (Å²) in [7, 11) is 1.66. The summed E-state index contributed by atoms with van der Waals surface area (Å²) in [5, 5.41) is 10.2. The molecule has 1 aromatic heterocycles. The Morgan fingerprint density at radius 3 is 2.93 bits per heavy atom. The summed E-state index contributed by atoms with van der Waals surface area (Å²) in [5.74, 6) is 1.23. The molecule has 15 heavy (non-hydrogen) atoms. The molecule has 84 valence electrons. The average molecular weight is 210 g/mol. The molecule has 4 heteroatoms. The van der Waals surface area contributed by atoms with E-state index in [1.165, 1.54) is 0 Å². The molecule has 2 rings (SSSR count). The van der Waals surface area contributed by atoms with E-state index in [2.05, 4.69) is 4.98 Å². The molecule has 0 bridgehead atoms. The molecular formula is C11H18N2O2. The number of hydrogen-bond acceptors (Lipinski definition) is 3. The summed E-state index contributed by atoms with van der Waals surface area (Å²) in [6, 6.07) is 0. The van der Waals surface area contributed by atoms with Crippen LogP contribution in [-0.2, 0) is 11.3 Å². The molecule has 0 aliphatic heterocycles. The summed E-state index contributed by atoms with van der Waals surface area (Å²) in [5.41, 5.74) is 0. The van der Waals surface area contributed by atoms with Gasteiger partial charge in [0.05, 0.1) is 6.10 Å². The van der Waals surface area contributed by atoms with E-state index in [0.717, 1.165) is 25.2 Å². The summed E-state index contributed by atoms with van der Waals surface area (Å²) < 4.78 is 7.31. The van der Waals surface area contributed by atoms with Gasteiger partial charge in [-0.2, -0.15) is 0 Å². The van der Waals surface area contributed by atoms with E-state index >= 15 is 0 Å². The smallest absolute Gasteiger partial charge is 0.140 e. The first kappa shape index (κ1) is 10.6. The highest BCUT2D eigenvalue weighted by Crippen LogP contribution is 2.39. The lowest BCUT2D eigenvalue weighted by Gasteiger charge is -2.21. The van der Waals surface area contributed by atoms with Crippen molar-refractivity contribution in [2.45, 2.75) is 38.5 Å². The zero-order valence-electron chi connectivity index (χ0n) is 9.26. The average Bonchev–Trinajstić information content (AvgIpc) is 2.96. The molecule has 1 saturated carbocycles. The molecule has 1 aromatic rings. The lowest BCUT2D eigenvalue weighted by atomic mass is 10.1. The number of ether oxygens (including phenoxy) is 1. The van der Waals surface area contributed by atoms with E-state index < -0.39 is 6.10 Å². The molecule has 0 amide bonds. The van der Waals surface area contributed by atoms with Crippen LogP contribution in [0.15, 0.2) is 12.4 Å². The summed E-state index contributed by atoms with van der Waals surface area (Å²) >= 11 is 0. The Hall–Kier alpha value is -0.870. The fourth-order valence-electron chi connectivity index (χ4n) is 2.01. The van der Waals surface area contributed by atoms with Gasteiger partial charge in [0.25, 0.3) is 0 Å². The lowest BCUT2D eigenvalue weighted by Crippen LogP contribution is -2.25. The molecule has 2 atom stereocenters. The third kappa shape index (κ3) is 2.06. The van der Waals surface area contributed by atoms with Crippen LogP contribution in [0, 0.1) is 5.92 Å². The van der Waals surface area contributed by atoms with E-state index in [9.17, 15) is 5.11 Å². The predicted molar refractivity (Wildman–Crippen MR) is 56.4 cm³/mol. The van der Waals surface area contributed by atoms with Gasteiger partial charge in [-0.1, -0.05) is 0 Å². The number of aliphatic hydroxyl groups is 1. The Kier molecular flexibility index (Phi) is 3.07. The van der Waals surface area contributed by atoms with Crippen LogP contribution >= 0.6 is 0 Å². The van der Waals surface area contributed by atoms with Crippen molar-refractivity contribution in [3.8, 4) is 0 Å². The molecule has 1 heterocycles. The van der Waals surface area contributed by atoms with Gasteiger partial charge in [-0.05, 0) is 25.7 Å². The van der Waals surface area contributed by atoms with Crippen LogP contribution in [0.5, 0.6) is 0 Å². The lowest BCUT2D eigenvalue weighted by molar-refractivity contribution is -0.0314. The highest BCUT2D eigenvalue weighted by Gasteiger charge is 2.38. The van der Waals surface area contributed by atoms with Gasteiger partial charge in [0, 0.05) is 26.0 Å². The topological polar surface area (TPSA) is 47.3 Å². The number of aromatic nitrogens is 2. The van der Waals surface area contributed by atoms with E-state index in [0.29, 0.717) is 5.92 Å². The second-order valence-corrected chi connectivity index (χ2v) is 4.05. The normalized spacial score (nSPS) is 20.2. The Morgan fingerprint density at radius 2 is 2.40 bits per heavy atom. The zero-order chi connectivity index (χ0) is 10.8. The van der Waals surface area contributed by atoms with Crippen LogP contribution in [-0.4, -0.2) is 27.9 Å². The molecule has 0 radical (unpaired) electrons. The van der Waals surface area contributed by atoms with E-state index in [4.69, 9.17) is 4.74 Å². The number of aliphatic hydroxyl groups excluding tert-OH is 1. The highest BCUT2D eigenvalue weighted by atomic mass is 16.5. The van der Waals surface area contributed by atoms with Crippen molar-refractivity contribution < 1.29 is 9.84 Å². The van der Waals surface area contributed by atoms with Crippen LogP contribution in [0.3, 0.4) is 0 Å². The molecule has 4 nitrogen and oxygen atoms in total. The van der Waals surface area contributed by atoms with Gasteiger partial charge < -0.3 is 14.4 Å². The predicted octanol–water partition coefficient (Wildman–Crippen LogP) is 1.36. The first-order valence-electron chi connectivity index (χ1n) is 5.49. The maximum absolute atomic E-state index is 10.2. The van der Waals surface area contributed by atoms with Crippen LogP contribution in [0.4, 0.5) is 0 Å². The van der Waals surface area contributed by atoms with Crippen LogP contribution in [0.25, 0.3) is 0 Å². The van der Waals surface area contributed by atoms with Crippen molar-refractivity contribution in [2.75, 3.05) is 7.11 Å². The van der Waals surface area contributed by atoms with Crippen molar-refractivity contribution >= 4 is 0 Å². The largest absolute Gasteiger partial charge is 0.382 e. The van der Waals surface area contributed by atoms with Gasteiger partial charge in [0.2, 0.25) is 0 Å². The fourth-order valence-corrected chi connectivity index (χ4v) is 2.01. The fraction of sp³-hybridized carbons (Fsp3) is 0.727. The summed E-state index contributed by atoms with van der Waals surface area (Å²) in [6.07, 6.45) is 5.22. The Morgan fingerprint density at radius 1 is 1.67 bits per heavy atom. The van der Waals surface area contributed by atoms with Crippen molar-refractivity contribution in [1.29, 1.82) is 0 Å². The van der Waals surface area contributed by atoms with Gasteiger partial charge in [0.15, 0.2) is 0 Å². The molecule has 2 unspecified atom stereocenters. The molecule has 1 aliphatic carbocycles. The van der Waals surface area contributed by atoms with Crippen molar-refractivity contribution in [3.63, 3.8) is 0 Å². The molecule has 0 spiro atoms. The molecule has 0 aromatic carbocycles. The molecule has 1 fully saturated rings.